The summed E-state index contributed by atoms with van der Waals surface area (Å²) in [5.74, 6) is 1.07. The number of anilines is 1. The summed E-state index contributed by atoms with van der Waals surface area (Å²) in [5.41, 5.74) is 2.92. The topological polar surface area (TPSA) is 49.8 Å². The molecule has 1 N–H and O–H groups in total. The van der Waals surface area contributed by atoms with Crippen molar-refractivity contribution in [1.82, 2.24) is 0 Å². The smallest absolute Gasteiger partial charge is 0.229 e. The monoisotopic (exact) mass is 265 g/mol. The lowest BCUT2D eigenvalue weighted by Crippen LogP contribution is -2.27. The molecule has 0 fully saturated rings. The average Bonchev–Trinajstić information content (AvgIpc) is 2.37. The predicted octanol–water partition coefficient (Wildman–Crippen LogP) is 2.47. The van der Waals surface area contributed by atoms with Crippen LogP contribution in [0.25, 0.3) is 0 Å². The Morgan fingerprint density at radius 2 is 2.05 bits per heavy atom. The van der Waals surface area contributed by atoms with Gasteiger partial charge in [-0.15, -0.1) is 0 Å². The van der Waals surface area contributed by atoms with Crippen molar-refractivity contribution in [3.8, 4) is 5.75 Å². The van der Waals surface area contributed by atoms with Gasteiger partial charge in [-0.1, -0.05) is 13.8 Å². The lowest BCUT2D eigenvalue weighted by molar-refractivity contribution is -0.118. The minimum atomic E-state index is -0.130. The number of amides is 1. The molecule has 0 bridgehead atoms. The number of methoxy groups -OCH3 is 1. The van der Waals surface area contributed by atoms with E-state index >= 15 is 0 Å². The lowest BCUT2D eigenvalue weighted by atomic mass is 9.98. The fourth-order valence-electron chi connectivity index (χ4n) is 2.07. The Bertz CT molecular complexity index is 455. The van der Waals surface area contributed by atoms with E-state index in [2.05, 4.69) is 13.8 Å². The van der Waals surface area contributed by atoms with Crippen LogP contribution in [-0.4, -0.2) is 31.8 Å². The zero-order chi connectivity index (χ0) is 14.6. The maximum Gasteiger partial charge on any atom is 0.229 e. The Hall–Kier alpha value is -1.55. The third-order valence-corrected chi connectivity index (χ3v) is 3.23. The predicted molar refractivity (Wildman–Crippen MR) is 76.9 cm³/mol. The molecule has 0 aromatic heterocycles. The molecule has 4 nitrogen and oxygen atoms in total. The number of aliphatic hydroxyl groups is 1. The first-order valence-corrected chi connectivity index (χ1v) is 6.48. The van der Waals surface area contributed by atoms with E-state index in [1.165, 1.54) is 0 Å². The highest BCUT2D eigenvalue weighted by atomic mass is 16.5. The van der Waals surface area contributed by atoms with E-state index in [1.807, 2.05) is 19.1 Å². The lowest BCUT2D eigenvalue weighted by Gasteiger charge is -2.22. The average molecular weight is 265 g/mol. The zero-order valence-corrected chi connectivity index (χ0v) is 12.4. The largest absolute Gasteiger partial charge is 0.496 e. The van der Waals surface area contributed by atoms with Gasteiger partial charge in [0.2, 0.25) is 5.91 Å². The maximum absolute atomic E-state index is 11.9. The van der Waals surface area contributed by atoms with Crippen molar-refractivity contribution in [3.05, 3.63) is 23.3 Å². The summed E-state index contributed by atoms with van der Waals surface area (Å²) >= 11 is 0. The Kier molecular flexibility index (Phi) is 5.36. The number of hydrogen-bond donors (Lipinski definition) is 1. The van der Waals surface area contributed by atoms with Gasteiger partial charge in [-0.2, -0.15) is 0 Å². The maximum atomic E-state index is 11.9. The van der Waals surface area contributed by atoms with Gasteiger partial charge in [0, 0.05) is 12.7 Å². The van der Waals surface area contributed by atoms with Gasteiger partial charge in [0.05, 0.1) is 20.1 Å². The van der Waals surface area contributed by atoms with Crippen molar-refractivity contribution >= 4 is 11.6 Å². The molecule has 1 aromatic rings. The normalized spacial score (nSPS) is 10.7. The second-order valence-electron chi connectivity index (χ2n) is 4.96. The Morgan fingerprint density at radius 1 is 1.42 bits per heavy atom. The zero-order valence-electron chi connectivity index (χ0n) is 12.4. The van der Waals surface area contributed by atoms with Gasteiger partial charge in [0.25, 0.3) is 0 Å². The molecule has 0 unspecified atom stereocenters. The molecule has 0 saturated carbocycles. The molecule has 1 rings (SSSR count). The number of nitrogens with zero attached hydrogens (tertiary/aromatic N) is 1. The van der Waals surface area contributed by atoms with Crippen molar-refractivity contribution in [2.24, 2.45) is 0 Å². The van der Waals surface area contributed by atoms with Gasteiger partial charge in [0.1, 0.15) is 5.75 Å². The van der Waals surface area contributed by atoms with E-state index < -0.39 is 0 Å². The standard InChI is InChI=1S/C15H23NO3/c1-10(2)12-9-13(11(3)8-14(12)19-5)16(4)15(18)6-7-17/h8-10,17H,6-7H2,1-5H3. The molecule has 0 saturated heterocycles. The van der Waals surface area contributed by atoms with Crippen LogP contribution in [0, 0.1) is 6.92 Å². The fourth-order valence-corrected chi connectivity index (χ4v) is 2.07. The molecule has 0 aliphatic rings. The summed E-state index contributed by atoms with van der Waals surface area (Å²) in [4.78, 5) is 13.5. The van der Waals surface area contributed by atoms with Crippen LogP contribution < -0.4 is 9.64 Å². The third-order valence-electron chi connectivity index (χ3n) is 3.23. The summed E-state index contributed by atoms with van der Waals surface area (Å²) < 4.78 is 5.39. The highest BCUT2D eigenvalue weighted by molar-refractivity contribution is 5.93. The first-order chi connectivity index (χ1) is 8.92. The Balaban J connectivity index is 3.21. The fraction of sp³-hybridized carbons (Fsp3) is 0.533. The van der Waals surface area contributed by atoms with Crippen molar-refractivity contribution in [2.75, 3.05) is 25.7 Å². The van der Waals surface area contributed by atoms with Gasteiger partial charge in [0.15, 0.2) is 0 Å². The minimum Gasteiger partial charge on any atom is -0.496 e. The number of rotatable bonds is 5. The summed E-state index contributed by atoms with van der Waals surface area (Å²) in [6.45, 7) is 6.00. The second kappa shape index (κ2) is 6.57. The van der Waals surface area contributed by atoms with Gasteiger partial charge in [-0.05, 0) is 36.1 Å². The molecule has 0 spiro atoms. The number of carbonyl (C=O) groups excluding carboxylic acids is 1. The minimum absolute atomic E-state index is 0.0922. The second-order valence-corrected chi connectivity index (χ2v) is 4.96. The van der Waals surface area contributed by atoms with Gasteiger partial charge >= 0.3 is 0 Å². The molecule has 0 radical (unpaired) electrons. The number of carbonyl (C=O) groups is 1. The summed E-state index contributed by atoms with van der Waals surface area (Å²) in [7, 11) is 3.39. The van der Waals surface area contributed by atoms with Crippen LogP contribution in [0.4, 0.5) is 5.69 Å². The molecule has 1 amide bonds. The number of ether oxygens (including phenoxy) is 1. The summed E-state index contributed by atoms with van der Waals surface area (Å²) in [6.07, 6.45) is 0.138. The molecule has 4 heteroatoms. The van der Waals surface area contributed by atoms with Crippen molar-refractivity contribution in [3.63, 3.8) is 0 Å². The molecular weight excluding hydrogens is 242 g/mol. The first-order valence-electron chi connectivity index (χ1n) is 6.48. The molecule has 0 aliphatic carbocycles. The van der Waals surface area contributed by atoms with Gasteiger partial charge in [-0.25, -0.2) is 0 Å². The van der Waals surface area contributed by atoms with Crippen LogP contribution in [0.3, 0.4) is 0 Å². The van der Waals surface area contributed by atoms with Crippen molar-refractivity contribution in [1.29, 1.82) is 0 Å². The third kappa shape index (κ3) is 3.47. The van der Waals surface area contributed by atoms with E-state index in [0.29, 0.717) is 5.92 Å². The van der Waals surface area contributed by atoms with Crippen molar-refractivity contribution < 1.29 is 14.6 Å². The SMILES string of the molecule is COc1cc(C)c(N(C)C(=O)CCO)cc1C(C)C. The van der Waals surface area contributed by atoms with Crippen LogP contribution in [-0.2, 0) is 4.79 Å². The number of benzene rings is 1. The van der Waals surface area contributed by atoms with Crippen LogP contribution in [0.15, 0.2) is 12.1 Å². The van der Waals surface area contributed by atoms with E-state index in [4.69, 9.17) is 9.84 Å². The van der Waals surface area contributed by atoms with Crippen molar-refractivity contribution in [2.45, 2.75) is 33.1 Å². The first kappa shape index (κ1) is 15.5. The highest BCUT2D eigenvalue weighted by Gasteiger charge is 2.17. The van der Waals surface area contributed by atoms with E-state index in [-0.39, 0.29) is 18.9 Å². The van der Waals surface area contributed by atoms with Gasteiger partial charge < -0.3 is 14.7 Å². The van der Waals surface area contributed by atoms with E-state index in [9.17, 15) is 4.79 Å². The molecule has 1 aromatic carbocycles. The molecule has 19 heavy (non-hydrogen) atoms. The molecule has 0 heterocycles. The number of aliphatic hydroxyl groups excluding tert-OH is 1. The van der Waals surface area contributed by atoms with Crippen LogP contribution in [0.5, 0.6) is 5.75 Å². The van der Waals surface area contributed by atoms with E-state index in [1.54, 1.807) is 19.1 Å². The van der Waals surface area contributed by atoms with E-state index in [0.717, 1.165) is 22.6 Å². The van der Waals surface area contributed by atoms with Crippen LogP contribution in [0.2, 0.25) is 0 Å². The summed E-state index contributed by atoms with van der Waals surface area (Å²) in [5, 5.41) is 8.86. The number of hydrogen-bond acceptors (Lipinski definition) is 3. The van der Waals surface area contributed by atoms with Gasteiger partial charge in [-0.3, -0.25) is 4.79 Å². The Labute approximate surface area is 115 Å². The number of aryl methyl sites for hydroxylation is 1. The molecule has 106 valence electrons. The highest BCUT2D eigenvalue weighted by Crippen LogP contribution is 2.33. The van der Waals surface area contributed by atoms with Crippen LogP contribution in [0.1, 0.15) is 37.3 Å². The van der Waals surface area contributed by atoms with Crippen LogP contribution >= 0.6 is 0 Å². The molecule has 0 aliphatic heterocycles. The molecular formula is C15H23NO3. The quantitative estimate of drug-likeness (QED) is 0.889. The molecule has 0 atom stereocenters. The Morgan fingerprint density at radius 3 is 2.53 bits per heavy atom. The summed E-state index contributed by atoms with van der Waals surface area (Å²) in [6, 6.07) is 3.95.